The van der Waals surface area contributed by atoms with E-state index in [9.17, 15) is 4.79 Å². The van der Waals surface area contributed by atoms with E-state index in [1.807, 2.05) is 6.92 Å². The molecular formula is C10H16O3. The van der Waals surface area contributed by atoms with Crippen LogP contribution in [0.3, 0.4) is 0 Å². The van der Waals surface area contributed by atoms with E-state index in [1.54, 1.807) is 0 Å². The molecule has 0 aromatic rings. The van der Waals surface area contributed by atoms with Crippen molar-refractivity contribution in [3.05, 3.63) is 0 Å². The Morgan fingerprint density at radius 1 is 1.46 bits per heavy atom. The van der Waals surface area contributed by atoms with Gasteiger partial charge in [-0.1, -0.05) is 12.8 Å². The van der Waals surface area contributed by atoms with Gasteiger partial charge < -0.3 is 9.47 Å². The summed E-state index contributed by atoms with van der Waals surface area (Å²) in [6.07, 6.45) is 4.49. The fraction of sp³-hybridized carbons (Fsp3) is 0.900. The maximum Gasteiger partial charge on any atom is 0.309 e. The van der Waals surface area contributed by atoms with Gasteiger partial charge in [0.15, 0.2) is 0 Å². The van der Waals surface area contributed by atoms with Crippen molar-refractivity contribution in [2.24, 2.45) is 5.92 Å². The van der Waals surface area contributed by atoms with Crippen LogP contribution in [0.5, 0.6) is 0 Å². The van der Waals surface area contributed by atoms with Gasteiger partial charge in [-0.3, -0.25) is 4.79 Å². The van der Waals surface area contributed by atoms with E-state index >= 15 is 0 Å². The molecule has 2 aliphatic rings. The van der Waals surface area contributed by atoms with Gasteiger partial charge in [-0.05, 0) is 19.8 Å². The number of hydrogen-bond donors (Lipinski definition) is 0. The smallest absolute Gasteiger partial charge is 0.309 e. The summed E-state index contributed by atoms with van der Waals surface area (Å²) in [5.41, 5.74) is 0. The van der Waals surface area contributed by atoms with Crippen LogP contribution >= 0.6 is 0 Å². The van der Waals surface area contributed by atoms with Gasteiger partial charge in [0, 0.05) is 0 Å². The molecule has 1 aliphatic carbocycles. The molecule has 1 saturated carbocycles. The summed E-state index contributed by atoms with van der Waals surface area (Å²) in [4.78, 5) is 11.5. The molecule has 0 aromatic heterocycles. The molecule has 0 radical (unpaired) electrons. The second-order valence-electron chi connectivity index (χ2n) is 4.00. The number of hydrogen-bond acceptors (Lipinski definition) is 3. The molecule has 3 nitrogen and oxygen atoms in total. The van der Waals surface area contributed by atoms with Gasteiger partial charge in [0.1, 0.15) is 12.2 Å². The lowest BCUT2D eigenvalue weighted by molar-refractivity contribution is -0.153. The largest absolute Gasteiger partial charge is 0.460 e. The van der Waals surface area contributed by atoms with E-state index in [0.717, 1.165) is 19.4 Å². The minimum atomic E-state index is -0.0481. The maximum absolute atomic E-state index is 11.5. The van der Waals surface area contributed by atoms with E-state index < -0.39 is 0 Å². The lowest BCUT2D eigenvalue weighted by Gasteiger charge is -2.13. The number of esters is 1. The van der Waals surface area contributed by atoms with Crippen molar-refractivity contribution in [3.8, 4) is 0 Å². The highest BCUT2D eigenvalue weighted by Crippen LogP contribution is 2.27. The first-order chi connectivity index (χ1) is 6.27. The molecule has 2 atom stereocenters. The zero-order valence-electron chi connectivity index (χ0n) is 7.99. The highest BCUT2D eigenvalue weighted by atomic mass is 16.6. The molecule has 13 heavy (non-hydrogen) atoms. The highest BCUT2D eigenvalue weighted by Gasteiger charge is 2.34. The summed E-state index contributed by atoms with van der Waals surface area (Å²) < 4.78 is 10.4. The minimum Gasteiger partial charge on any atom is -0.460 e. The van der Waals surface area contributed by atoms with Crippen LogP contribution in [0, 0.1) is 5.92 Å². The van der Waals surface area contributed by atoms with Crippen molar-refractivity contribution in [2.45, 2.75) is 44.8 Å². The lowest BCUT2D eigenvalue weighted by atomic mass is 10.1. The number of rotatable bonds is 3. The quantitative estimate of drug-likeness (QED) is 0.493. The molecule has 0 aromatic carbocycles. The summed E-state index contributed by atoms with van der Waals surface area (Å²) in [5, 5.41) is 0. The Morgan fingerprint density at radius 2 is 2.08 bits per heavy atom. The SMILES string of the molecule is CC(OC(=O)C1CCCC1)C1CO1. The molecule has 2 unspecified atom stereocenters. The molecule has 3 heteroatoms. The zero-order valence-corrected chi connectivity index (χ0v) is 7.99. The van der Waals surface area contributed by atoms with E-state index in [2.05, 4.69) is 0 Å². The molecule has 2 rings (SSSR count). The molecular weight excluding hydrogens is 168 g/mol. The predicted octanol–water partition coefficient (Wildman–Crippen LogP) is 1.51. The van der Waals surface area contributed by atoms with Crippen molar-refractivity contribution in [3.63, 3.8) is 0 Å². The molecule has 74 valence electrons. The summed E-state index contributed by atoms with van der Waals surface area (Å²) in [5.74, 6) is 0.154. The van der Waals surface area contributed by atoms with Crippen molar-refractivity contribution in [1.82, 2.24) is 0 Å². The predicted molar refractivity (Wildman–Crippen MR) is 47.3 cm³/mol. The third-order valence-corrected chi connectivity index (χ3v) is 2.87. The first-order valence-corrected chi connectivity index (χ1v) is 5.09. The molecule has 0 amide bonds. The van der Waals surface area contributed by atoms with E-state index in [4.69, 9.17) is 9.47 Å². The average molecular weight is 184 g/mol. The maximum atomic E-state index is 11.5. The molecule has 0 bridgehead atoms. The van der Waals surface area contributed by atoms with Gasteiger partial charge in [0.2, 0.25) is 0 Å². The molecule has 0 spiro atoms. The Labute approximate surface area is 78.4 Å². The van der Waals surface area contributed by atoms with E-state index in [-0.39, 0.29) is 24.1 Å². The standard InChI is InChI=1S/C10H16O3/c1-7(9-6-12-9)13-10(11)8-4-2-3-5-8/h7-9H,2-6H2,1H3. The number of epoxide rings is 1. The molecule has 2 fully saturated rings. The van der Waals surface area contributed by atoms with Crippen molar-refractivity contribution in [1.29, 1.82) is 0 Å². The monoisotopic (exact) mass is 184 g/mol. The lowest BCUT2D eigenvalue weighted by Crippen LogP contribution is -2.24. The zero-order chi connectivity index (χ0) is 9.26. The second kappa shape index (κ2) is 3.66. The summed E-state index contributed by atoms with van der Waals surface area (Å²) in [6.45, 7) is 2.66. The van der Waals surface area contributed by atoms with Crippen LogP contribution in [-0.2, 0) is 14.3 Å². The highest BCUT2D eigenvalue weighted by molar-refractivity contribution is 5.72. The van der Waals surface area contributed by atoms with Crippen molar-refractivity contribution >= 4 is 5.97 Å². The number of ether oxygens (including phenoxy) is 2. The van der Waals surface area contributed by atoms with Crippen LogP contribution < -0.4 is 0 Å². The van der Waals surface area contributed by atoms with Crippen LogP contribution in [0.4, 0.5) is 0 Å². The van der Waals surface area contributed by atoms with Crippen LogP contribution in [0.2, 0.25) is 0 Å². The Morgan fingerprint density at radius 3 is 2.62 bits per heavy atom. The first kappa shape index (κ1) is 9.00. The van der Waals surface area contributed by atoms with Gasteiger partial charge in [0.05, 0.1) is 12.5 Å². The summed E-state index contributed by atoms with van der Waals surface area (Å²) in [7, 11) is 0. The Kier molecular flexibility index (Phi) is 2.54. The van der Waals surface area contributed by atoms with Crippen molar-refractivity contribution < 1.29 is 14.3 Å². The van der Waals surface area contributed by atoms with Crippen LogP contribution in [-0.4, -0.2) is 24.8 Å². The first-order valence-electron chi connectivity index (χ1n) is 5.09. The normalized spacial score (nSPS) is 30.1. The average Bonchev–Trinajstić information content (AvgIpc) is 2.81. The summed E-state index contributed by atoms with van der Waals surface area (Å²) in [6, 6.07) is 0. The fourth-order valence-corrected chi connectivity index (χ4v) is 1.84. The Hall–Kier alpha value is -0.570. The minimum absolute atomic E-state index is 0.0134. The molecule has 1 heterocycles. The topological polar surface area (TPSA) is 38.8 Å². The van der Waals surface area contributed by atoms with Crippen LogP contribution in [0.25, 0.3) is 0 Å². The van der Waals surface area contributed by atoms with Crippen molar-refractivity contribution in [2.75, 3.05) is 6.61 Å². The third kappa shape index (κ3) is 2.21. The molecule has 0 N–H and O–H groups in total. The fourth-order valence-electron chi connectivity index (χ4n) is 1.84. The third-order valence-electron chi connectivity index (χ3n) is 2.87. The Bertz CT molecular complexity index is 192. The van der Waals surface area contributed by atoms with Gasteiger partial charge in [0.25, 0.3) is 0 Å². The van der Waals surface area contributed by atoms with Gasteiger partial charge in [-0.2, -0.15) is 0 Å². The van der Waals surface area contributed by atoms with Crippen LogP contribution in [0.15, 0.2) is 0 Å². The summed E-state index contributed by atoms with van der Waals surface area (Å²) >= 11 is 0. The van der Waals surface area contributed by atoms with E-state index in [1.165, 1.54) is 12.8 Å². The number of carbonyl (C=O) groups excluding carboxylic acids is 1. The van der Waals surface area contributed by atoms with E-state index in [0.29, 0.717) is 0 Å². The number of carbonyl (C=O) groups is 1. The molecule has 1 aliphatic heterocycles. The van der Waals surface area contributed by atoms with Gasteiger partial charge >= 0.3 is 5.97 Å². The van der Waals surface area contributed by atoms with Gasteiger partial charge in [-0.15, -0.1) is 0 Å². The van der Waals surface area contributed by atoms with Gasteiger partial charge in [-0.25, -0.2) is 0 Å². The molecule has 1 saturated heterocycles. The second-order valence-corrected chi connectivity index (χ2v) is 4.00. The van der Waals surface area contributed by atoms with Crippen LogP contribution in [0.1, 0.15) is 32.6 Å². The Balaban J connectivity index is 1.76.